The number of phenols is 1. The number of aliphatic hydroxyl groups excluding tert-OH is 2. The van der Waals surface area contributed by atoms with E-state index in [1.165, 1.54) is 13.2 Å². The van der Waals surface area contributed by atoms with E-state index >= 15 is 4.79 Å². The van der Waals surface area contributed by atoms with Crippen molar-refractivity contribution in [3.05, 3.63) is 66.0 Å². The lowest BCUT2D eigenvalue weighted by atomic mass is 9.78. The maximum Gasteiger partial charge on any atom is 0.309 e. The van der Waals surface area contributed by atoms with E-state index in [0.717, 1.165) is 18.4 Å². The molecule has 0 amide bonds. The Bertz CT molecular complexity index is 2390. The lowest BCUT2D eigenvalue weighted by molar-refractivity contribution is -0.151. The van der Waals surface area contributed by atoms with Crippen molar-refractivity contribution >= 4 is 67.3 Å². The quantitative estimate of drug-likeness (QED) is 0.0301. The Morgan fingerprint density at radius 2 is 1.60 bits per heavy atom. The number of phenolic OH excluding ortho intramolecular Hbond substituents is 1. The molecule has 1 fully saturated rings. The number of fused-ring (bicyclic) bond motifs is 1. The third-order valence-electron chi connectivity index (χ3n) is 11.2. The zero-order valence-corrected chi connectivity index (χ0v) is 30.1. The molecule has 12 heteroatoms. The van der Waals surface area contributed by atoms with Gasteiger partial charge in [0.15, 0.2) is 29.1 Å². The number of esters is 1. The third kappa shape index (κ3) is 5.98. The summed E-state index contributed by atoms with van der Waals surface area (Å²) in [6.45, 7) is 1.63. The first-order valence-corrected chi connectivity index (χ1v) is 18.0. The van der Waals surface area contributed by atoms with E-state index in [-0.39, 0.29) is 53.5 Å². The molecule has 0 bridgehead atoms. The summed E-state index contributed by atoms with van der Waals surface area (Å²) in [5, 5.41) is 39.8. The fourth-order valence-electron chi connectivity index (χ4n) is 8.90. The summed E-state index contributed by atoms with van der Waals surface area (Å²) in [6.07, 6.45) is 6.49. The molecule has 2 aliphatic rings. The summed E-state index contributed by atoms with van der Waals surface area (Å²) in [6, 6.07) is 2.93. The first-order chi connectivity index (χ1) is 25.7. The summed E-state index contributed by atoms with van der Waals surface area (Å²) in [7, 11) is 3.00. The number of nitrogens with one attached hydrogen (secondary N) is 1. The number of carbonyl (C=O) groups excluding carboxylic acids is 2. The number of carbonyl (C=O) groups is 2. The largest absolute Gasteiger partial charge is 0.504 e. The first kappa shape index (κ1) is 36.3. The van der Waals surface area contributed by atoms with Crippen LogP contribution in [0.3, 0.4) is 0 Å². The van der Waals surface area contributed by atoms with Gasteiger partial charge in [-0.15, -0.1) is 0 Å². The molecule has 0 saturated heterocycles. The third-order valence-corrected chi connectivity index (χ3v) is 11.2. The van der Waals surface area contributed by atoms with Gasteiger partial charge in [0.2, 0.25) is 0 Å². The second kappa shape index (κ2) is 14.8. The molecule has 53 heavy (non-hydrogen) atoms. The smallest absolute Gasteiger partial charge is 0.309 e. The molecule has 278 valence electrons. The molecular weight excluding hydrogens is 682 g/mol. The molecule has 1 saturated carbocycles. The zero-order chi connectivity index (χ0) is 37.6. The first-order valence-electron chi connectivity index (χ1n) is 18.0. The standard InChI is InChI=1S/C41H43NO11/c1-20-12-26-25(9-6-21-4-7-22(8-5-21)41(49)53-11-10-50-2)38(47)34-28(42-18-52-19-45)14-23(16-43)30-31-24(17-44)15-29(46)35-37(31)33(32(26)36(30)34)27(13-20)40(51-3)39(35)48/h12,14-15,19,21-22,42-44,48H,4-11,13,16-18H2,1-3H3. The lowest BCUT2D eigenvalue weighted by Gasteiger charge is -2.28. The van der Waals surface area contributed by atoms with Crippen molar-refractivity contribution < 1.29 is 43.9 Å². The van der Waals surface area contributed by atoms with Crippen molar-refractivity contribution in [2.24, 2.45) is 11.8 Å². The predicted molar refractivity (Wildman–Crippen MR) is 201 cm³/mol. The number of hydrogen-bond acceptors (Lipinski definition) is 12. The van der Waals surface area contributed by atoms with Crippen molar-refractivity contribution in [3.63, 3.8) is 0 Å². The van der Waals surface area contributed by atoms with Crippen molar-refractivity contribution in [2.75, 3.05) is 39.5 Å². The Labute approximate surface area is 304 Å². The van der Waals surface area contributed by atoms with E-state index in [1.54, 1.807) is 13.2 Å². The fraction of sp³-hybridized carbons (Fsp3) is 0.415. The Balaban J connectivity index is 1.50. The average Bonchev–Trinajstić information content (AvgIpc) is 3.30. The van der Waals surface area contributed by atoms with E-state index in [1.807, 2.05) is 13.0 Å². The van der Waals surface area contributed by atoms with Crippen LogP contribution in [0.1, 0.15) is 66.8 Å². The van der Waals surface area contributed by atoms with Crippen LogP contribution in [0.4, 0.5) is 5.69 Å². The van der Waals surface area contributed by atoms with Crippen molar-refractivity contribution in [2.45, 2.75) is 65.1 Å². The van der Waals surface area contributed by atoms with Crippen LogP contribution in [0.25, 0.3) is 49.2 Å². The fourth-order valence-corrected chi connectivity index (χ4v) is 8.90. The lowest BCUT2D eigenvalue weighted by Crippen LogP contribution is -2.25. The van der Waals surface area contributed by atoms with E-state index in [4.69, 9.17) is 18.9 Å². The van der Waals surface area contributed by atoms with Gasteiger partial charge in [0, 0.05) is 34.7 Å². The van der Waals surface area contributed by atoms with Crippen molar-refractivity contribution in [1.29, 1.82) is 0 Å². The molecule has 0 atom stereocenters. The molecule has 0 radical (unpaired) electrons. The van der Waals surface area contributed by atoms with Gasteiger partial charge in [-0.25, -0.2) is 0 Å². The van der Waals surface area contributed by atoms with E-state index < -0.39 is 18.6 Å². The van der Waals surface area contributed by atoms with Gasteiger partial charge in [-0.2, -0.15) is 0 Å². The Kier molecular flexibility index (Phi) is 10.1. The molecule has 7 rings (SSSR count). The minimum Gasteiger partial charge on any atom is -0.504 e. The van der Waals surface area contributed by atoms with Crippen LogP contribution in [0.5, 0.6) is 11.5 Å². The summed E-state index contributed by atoms with van der Waals surface area (Å²) in [4.78, 5) is 52.6. The summed E-state index contributed by atoms with van der Waals surface area (Å²) >= 11 is 0. The number of aromatic hydroxyl groups is 1. The number of hydrogen-bond donors (Lipinski definition) is 4. The van der Waals surface area contributed by atoms with Crippen LogP contribution in [0, 0.1) is 11.8 Å². The van der Waals surface area contributed by atoms with Crippen LogP contribution in [-0.4, -0.2) is 61.9 Å². The van der Waals surface area contributed by atoms with E-state index in [0.29, 0.717) is 116 Å². The molecule has 2 aliphatic carbocycles. The highest BCUT2D eigenvalue weighted by Crippen LogP contribution is 2.53. The Morgan fingerprint density at radius 3 is 2.26 bits per heavy atom. The van der Waals surface area contributed by atoms with Crippen LogP contribution in [0.2, 0.25) is 0 Å². The number of aliphatic hydroxyl groups is 2. The van der Waals surface area contributed by atoms with Crippen LogP contribution >= 0.6 is 0 Å². The summed E-state index contributed by atoms with van der Waals surface area (Å²) in [5.41, 5.74) is 3.17. The minimum atomic E-state index is -0.503. The van der Waals surface area contributed by atoms with Gasteiger partial charge in [-0.1, -0.05) is 11.6 Å². The van der Waals surface area contributed by atoms with Gasteiger partial charge in [0.25, 0.3) is 6.47 Å². The average molecular weight is 726 g/mol. The monoisotopic (exact) mass is 725 g/mol. The Hall–Kier alpha value is -5.04. The van der Waals surface area contributed by atoms with Crippen molar-refractivity contribution in [3.8, 4) is 11.5 Å². The molecule has 5 aromatic rings. The molecule has 5 aromatic carbocycles. The van der Waals surface area contributed by atoms with Crippen LogP contribution in [-0.2, 0) is 49.9 Å². The highest BCUT2D eigenvalue weighted by Gasteiger charge is 2.33. The molecule has 0 spiro atoms. The minimum absolute atomic E-state index is 0.0350. The normalized spacial score (nSPS) is 17.1. The van der Waals surface area contributed by atoms with Gasteiger partial charge in [0.1, 0.15) is 6.61 Å². The van der Waals surface area contributed by atoms with Crippen LogP contribution in [0.15, 0.2) is 27.3 Å². The number of rotatable bonds is 14. The zero-order valence-electron chi connectivity index (χ0n) is 30.1. The van der Waals surface area contributed by atoms with Gasteiger partial charge in [-0.3, -0.25) is 19.2 Å². The second-order valence-electron chi connectivity index (χ2n) is 14.2. The summed E-state index contributed by atoms with van der Waals surface area (Å²) < 4.78 is 21.2. The highest BCUT2D eigenvalue weighted by molar-refractivity contribution is 6.38. The number of allylic oxidation sites excluding steroid dienone is 1. The molecule has 0 aliphatic heterocycles. The maximum atomic E-state index is 15.0. The number of benzene rings is 5. The number of ether oxygens (including phenoxy) is 4. The molecule has 0 aromatic heterocycles. The molecule has 0 heterocycles. The predicted octanol–water partition coefficient (Wildman–Crippen LogP) is 5.02. The van der Waals surface area contributed by atoms with Crippen molar-refractivity contribution in [1.82, 2.24) is 0 Å². The molecular formula is C41H43NO11. The van der Waals surface area contributed by atoms with E-state index in [9.17, 15) is 29.7 Å². The van der Waals surface area contributed by atoms with Crippen LogP contribution < -0.4 is 20.9 Å². The number of methoxy groups -OCH3 is 2. The Morgan fingerprint density at radius 1 is 0.906 bits per heavy atom. The molecule has 12 nitrogen and oxygen atoms in total. The SMILES string of the molecule is COCCOC(=O)C1CCC(CCc2c3c4c5c(c(OC)c(O)c6c(=O)cc(CO)c(c7c(CO)cc(NCOC=O)c(c2=O)c74)c65)CC(C)=C3)CC1. The molecule has 4 N–H and O–H groups in total. The second-order valence-corrected chi connectivity index (χ2v) is 14.2. The topological polar surface area (TPSA) is 178 Å². The highest BCUT2D eigenvalue weighted by atomic mass is 16.6. The van der Waals surface area contributed by atoms with Gasteiger partial charge >= 0.3 is 5.97 Å². The van der Waals surface area contributed by atoms with Gasteiger partial charge in [0.05, 0.1) is 43.6 Å². The number of anilines is 1. The van der Waals surface area contributed by atoms with Gasteiger partial charge < -0.3 is 39.6 Å². The maximum absolute atomic E-state index is 15.0. The molecule has 0 unspecified atom stereocenters. The van der Waals surface area contributed by atoms with E-state index in [2.05, 4.69) is 5.32 Å². The summed E-state index contributed by atoms with van der Waals surface area (Å²) in [5.74, 6) is -0.246. The van der Waals surface area contributed by atoms with Gasteiger partial charge in [-0.05, 0) is 108 Å².